The zero-order valence-electron chi connectivity index (χ0n) is 12.3. The van der Waals surface area contributed by atoms with Crippen LogP contribution in [0.15, 0.2) is 9.90 Å². The Balaban J connectivity index is 1.88. The molecule has 7 heteroatoms. The van der Waals surface area contributed by atoms with Gasteiger partial charge in [-0.05, 0) is 7.05 Å². The Morgan fingerprint density at radius 3 is 2.80 bits per heavy atom. The van der Waals surface area contributed by atoms with Crippen molar-refractivity contribution in [3.8, 4) is 0 Å². The third-order valence-electron chi connectivity index (χ3n) is 2.68. The molecule has 0 unspecified atom stereocenters. The number of aromatic nitrogens is 3. The summed E-state index contributed by atoms with van der Waals surface area (Å²) in [5.41, 5.74) is 1.09. The normalized spacial score (nSPS) is 11.7. The Morgan fingerprint density at radius 2 is 2.15 bits per heavy atom. The first kappa shape index (κ1) is 15.1. The Bertz CT molecular complexity index is 538. The molecule has 0 aliphatic rings. The lowest BCUT2D eigenvalue weighted by Gasteiger charge is -2.12. The Labute approximate surface area is 122 Å². The van der Waals surface area contributed by atoms with Gasteiger partial charge in [0, 0.05) is 25.0 Å². The molecule has 6 nitrogen and oxygen atoms in total. The van der Waals surface area contributed by atoms with Gasteiger partial charge < -0.3 is 9.26 Å². The molecule has 0 amide bonds. The molecule has 2 rings (SSSR count). The molecule has 0 N–H and O–H groups in total. The van der Waals surface area contributed by atoms with Gasteiger partial charge in [0.25, 0.3) is 5.89 Å². The lowest BCUT2D eigenvalue weighted by molar-refractivity contribution is 0.151. The van der Waals surface area contributed by atoms with Crippen LogP contribution in [0.3, 0.4) is 0 Å². The summed E-state index contributed by atoms with van der Waals surface area (Å²) >= 11 is 1.71. The van der Waals surface area contributed by atoms with E-state index in [-0.39, 0.29) is 0 Å². The molecule has 0 atom stereocenters. The zero-order chi connectivity index (χ0) is 14.5. The van der Waals surface area contributed by atoms with Gasteiger partial charge in [-0.15, -0.1) is 11.3 Å². The van der Waals surface area contributed by atoms with Crippen LogP contribution >= 0.6 is 11.3 Å². The fraction of sp³-hybridized carbons (Fsp3) is 0.615. The van der Waals surface area contributed by atoms with E-state index in [4.69, 9.17) is 9.26 Å². The lowest BCUT2D eigenvalue weighted by Crippen LogP contribution is -2.18. The van der Waals surface area contributed by atoms with Crippen molar-refractivity contribution >= 4 is 11.3 Å². The van der Waals surface area contributed by atoms with E-state index in [1.807, 2.05) is 7.05 Å². The highest BCUT2D eigenvalue weighted by Gasteiger charge is 2.11. The number of methoxy groups -OCH3 is 1. The molecule has 0 spiro atoms. The summed E-state index contributed by atoms with van der Waals surface area (Å²) in [6.45, 7) is 6.06. The highest BCUT2D eigenvalue weighted by molar-refractivity contribution is 7.09. The highest BCUT2D eigenvalue weighted by Crippen LogP contribution is 2.20. The van der Waals surface area contributed by atoms with Gasteiger partial charge in [0.15, 0.2) is 5.82 Å². The van der Waals surface area contributed by atoms with Crippen molar-refractivity contribution in [2.24, 2.45) is 0 Å². The molecule has 0 aliphatic heterocycles. The van der Waals surface area contributed by atoms with E-state index in [9.17, 15) is 0 Å². The van der Waals surface area contributed by atoms with Gasteiger partial charge in [0.05, 0.1) is 17.2 Å². The molecule has 0 saturated carbocycles. The van der Waals surface area contributed by atoms with E-state index < -0.39 is 0 Å². The smallest absolute Gasteiger partial charge is 0.252 e. The summed E-state index contributed by atoms with van der Waals surface area (Å²) in [6.07, 6.45) is 0. The molecule has 0 fully saturated rings. The Hall–Kier alpha value is -1.31. The maximum atomic E-state index is 5.07. The Morgan fingerprint density at radius 1 is 1.35 bits per heavy atom. The lowest BCUT2D eigenvalue weighted by atomic mass is 10.2. The molecule has 0 bridgehead atoms. The van der Waals surface area contributed by atoms with Gasteiger partial charge in [0.1, 0.15) is 6.61 Å². The SMILES string of the molecule is COCc1nc(CN(C)Cc2csc(C(C)C)n2)no1. The van der Waals surface area contributed by atoms with E-state index in [1.165, 1.54) is 5.01 Å². The van der Waals surface area contributed by atoms with Gasteiger partial charge in [-0.25, -0.2) is 4.98 Å². The van der Waals surface area contributed by atoms with Crippen molar-refractivity contribution < 1.29 is 9.26 Å². The predicted octanol–water partition coefficient (Wildman–Crippen LogP) is 2.43. The van der Waals surface area contributed by atoms with Crippen LogP contribution in [-0.2, 0) is 24.4 Å². The largest absolute Gasteiger partial charge is 0.375 e. The van der Waals surface area contributed by atoms with Crippen LogP contribution in [0.1, 0.15) is 42.2 Å². The average molecular weight is 296 g/mol. The van der Waals surface area contributed by atoms with Gasteiger partial charge in [0.2, 0.25) is 0 Å². The van der Waals surface area contributed by atoms with Crippen LogP contribution in [-0.4, -0.2) is 34.2 Å². The van der Waals surface area contributed by atoms with E-state index in [0.29, 0.717) is 30.8 Å². The first-order valence-electron chi connectivity index (χ1n) is 6.51. The molecule has 0 aliphatic carbocycles. The van der Waals surface area contributed by atoms with E-state index in [0.717, 1.165) is 12.2 Å². The van der Waals surface area contributed by atoms with Gasteiger partial charge >= 0.3 is 0 Å². The highest BCUT2D eigenvalue weighted by atomic mass is 32.1. The molecule has 0 radical (unpaired) electrons. The van der Waals surface area contributed by atoms with Crippen molar-refractivity contribution in [3.63, 3.8) is 0 Å². The quantitative estimate of drug-likeness (QED) is 0.782. The average Bonchev–Trinajstić information content (AvgIpc) is 2.99. The molecular weight excluding hydrogens is 276 g/mol. The van der Waals surface area contributed by atoms with Crippen molar-refractivity contribution in [1.29, 1.82) is 0 Å². The fourth-order valence-electron chi connectivity index (χ4n) is 1.77. The third-order valence-corrected chi connectivity index (χ3v) is 3.88. The molecule has 110 valence electrons. The second-order valence-electron chi connectivity index (χ2n) is 5.04. The molecule has 2 heterocycles. The van der Waals surface area contributed by atoms with E-state index >= 15 is 0 Å². The summed E-state index contributed by atoms with van der Waals surface area (Å²) in [7, 11) is 3.62. The Kier molecular flexibility index (Phi) is 5.22. The minimum atomic E-state index is 0.348. The second-order valence-corrected chi connectivity index (χ2v) is 5.93. The number of hydrogen-bond donors (Lipinski definition) is 0. The van der Waals surface area contributed by atoms with Crippen LogP contribution in [0.2, 0.25) is 0 Å². The van der Waals surface area contributed by atoms with Crippen molar-refractivity contribution in [1.82, 2.24) is 20.0 Å². The monoisotopic (exact) mass is 296 g/mol. The molecule has 2 aromatic rings. The number of ether oxygens (including phenoxy) is 1. The van der Waals surface area contributed by atoms with E-state index in [2.05, 4.69) is 39.3 Å². The maximum Gasteiger partial charge on any atom is 0.252 e. The second kappa shape index (κ2) is 6.92. The number of thiazole rings is 1. The van der Waals surface area contributed by atoms with Gasteiger partial charge in [-0.3, -0.25) is 4.90 Å². The summed E-state index contributed by atoms with van der Waals surface area (Å²) in [5, 5.41) is 7.21. The summed E-state index contributed by atoms with van der Waals surface area (Å²) in [6, 6.07) is 0. The van der Waals surface area contributed by atoms with Crippen LogP contribution in [0, 0.1) is 0 Å². The minimum Gasteiger partial charge on any atom is -0.375 e. The van der Waals surface area contributed by atoms with Gasteiger partial charge in [-0.1, -0.05) is 19.0 Å². The minimum absolute atomic E-state index is 0.348. The van der Waals surface area contributed by atoms with E-state index in [1.54, 1.807) is 18.4 Å². The molecule has 20 heavy (non-hydrogen) atoms. The number of rotatable bonds is 7. The third kappa shape index (κ3) is 4.09. The fourth-order valence-corrected chi connectivity index (χ4v) is 2.60. The molecule has 2 aromatic heterocycles. The summed E-state index contributed by atoms with van der Waals surface area (Å²) in [5.74, 6) is 1.65. The number of hydrogen-bond acceptors (Lipinski definition) is 7. The van der Waals surface area contributed by atoms with Gasteiger partial charge in [-0.2, -0.15) is 4.98 Å². The van der Waals surface area contributed by atoms with Crippen molar-refractivity contribution in [3.05, 3.63) is 27.8 Å². The maximum absolute atomic E-state index is 5.07. The predicted molar refractivity (Wildman–Crippen MR) is 76.4 cm³/mol. The van der Waals surface area contributed by atoms with Crippen molar-refractivity contribution in [2.75, 3.05) is 14.2 Å². The standard InChI is InChI=1S/C13H20N4O2S/c1-9(2)13-14-10(8-20-13)5-17(3)6-11-15-12(7-18-4)19-16-11/h8-9H,5-7H2,1-4H3. The molecular formula is C13H20N4O2S. The number of nitrogens with zero attached hydrogens (tertiary/aromatic N) is 4. The molecule has 0 saturated heterocycles. The van der Waals surface area contributed by atoms with Crippen molar-refractivity contribution in [2.45, 2.75) is 39.5 Å². The molecule has 0 aromatic carbocycles. The summed E-state index contributed by atoms with van der Waals surface area (Å²) < 4.78 is 10.0. The zero-order valence-corrected chi connectivity index (χ0v) is 13.1. The van der Waals surface area contributed by atoms with Crippen LogP contribution in [0.4, 0.5) is 0 Å². The summed E-state index contributed by atoms with van der Waals surface area (Å²) in [4.78, 5) is 11.0. The van der Waals surface area contributed by atoms with Crippen LogP contribution in [0.25, 0.3) is 0 Å². The first-order valence-corrected chi connectivity index (χ1v) is 7.39. The van der Waals surface area contributed by atoms with Crippen LogP contribution in [0.5, 0.6) is 0 Å². The topological polar surface area (TPSA) is 64.3 Å². The first-order chi connectivity index (χ1) is 9.58. The van der Waals surface area contributed by atoms with Crippen LogP contribution < -0.4 is 0 Å².